The Balaban J connectivity index is 1.72. The van der Waals surface area contributed by atoms with Crippen molar-refractivity contribution >= 4 is 37.8 Å². The van der Waals surface area contributed by atoms with E-state index >= 15 is 0 Å². The van der Waals surface area contributed by atoms with Gasteiger partial charge in [-0.1, -0.05) is 15.9 Å². The number of nitrogens with one attached hydrogen (secondary N) is 2. The summed E-state index contributed by atoms with van der Waals surface area (Å²) >= 11 is 6.73. The normalized spacial score (nSPS) is 10.3. The van der Waals surface area contributed by atoms with E-state index in [0.29, 0.717) is 18.7 Å². The number of rotatable bonds is 6. The zero-order valence-electron chi connectivity index (χ0n) is 10.5. The highest BCUT2D eigenvalue weighted by Gasteiger charge is 2.06. The van der Waals surface area contributed by atoms with Crippen molar-refractivity contribution in [1.82, 2.24) is 15.3 Å². The summed E-state index contributed by atoms with van der Waals surface area (Å²) in [7, 11) is 0. The number of halogens is 2. The maximum Gasteiger partial charge on any atom is 0.257 e. The Morgan fingerprint density at radius 1 is 1.40 bits per heavy atom. The van der Waals surface area contributed by atoms with Crippen LogP contribution in [0, 0.1) is 0 Å². The zero-order chi connectivity index (χ0) is 14.4. The molecule has 2 N–H and O–H groups in total. The molecule has 20 heavy (non-hydrogen) atoms. The minimum absolute atomic E-state index is 0.0107. The molecule has 5 nitrogen and oxygen atoms in total. The number of benzene rings is 1. The van der Waals surface area contributed by atoms with Gasteiger partial charge >= 0.3 is 0 Å². The number of aromatic nitrogens is 2. The Morgan fingerprint density at radius 3 is 2.95 bits per heavy atom. The van der Waals surface area contributed by atoms with Crippen LogP contribution in [0.15, 0.2) is 39.7 Å². The van der Waals surface area contributed by atoms with Gasteiger partial charge in [0, 0.05) is 29.3 Å². The first-order valence-electron chi connectivity index (χ1n) is 5.97. The number of imidazole rings is 1. The molecule has 0 radical (unpaired) electrons. The first kappa shape index (κ1) is 15.1. The number of carbonyl (C=O) groups excluding carboxylic acids is 1. The zero-order valence-corrected chi connectivity index (χ0v) is 13.7. The predicted octanol–water partition coefficient (Wildman–Crippen LogP) is 2.67. The molecular weight excluding hydrogens is 390 g/mol. The lowest BCUT2D eigenvalue weighted by Crippen LogP contribution is -2.30. The van der Waals surface area contributed by atoms with Crippen LogP contribution in [0.3, 0.4) is 0 Å². The van der Waals surface area contributed by atoms with Crippen molar-refractivity contribution in [3.05, 3.63) is 45.4 Å². The van der Waals surface area contributed by atoms with Crippen molar-refractivity contribution in [1.29, 1.82) is 0 Å². The van der Waals surface area contributed by atoms with Gasteiger partial charge in [-0.3, -0.25) is 4.79 Å². The molecule has 2 rings (SSSR count). The second-order valence-electron chi connectivity index (χ2n) is 4.04. The molecule has 0 aliphatic carbocycles. The van der Waals surface area contributed by atoms with E-state index in [0.717, 1.165) is 14.6 Å². The van der Waals surface area contributed by atoms with Gasteiger partial charge in [-0.05, 0) is 34.1 Å². The summed E-state index contributed by atoms with van der Waals surface area (Å²) in [6, 6.07) is 5.52. The van der Waals surface area contributed by atoms with Gasteiger partial charge in [-0.25, -0.2) is 4.98 Å². The number of carbonyl (C=O) groups is 1. The van der Waals surface area contributed by atoms with Gasteiger partial charge in [-0.2, -0.15) is 0 Å². The predicted molar refractivity (Wildman–Crippen MR) is 82.6 cm³/mol. The fraction of sp³-hybridized carbons (Fsp3) is 0.231. The Labute approximate surface area is 133 Å². The summed E-state index contributed by atoms with van der Waals surface area (Å²) in [4.78, 5) is 18.5. The third-order valence-corrected chi connectivity index (χ3v) is 3.64. The lowest BCUT2D eigenvalue weighted by atomic mass is 10.3. The molecule has 0 saturated carbocycles. The second-order valence-corrected chi connectivity index (χ2v) is 5.81. The Kier molecular flexibility index (Phi) is 5.60. The second kappa shape index (κ2) is 7.44. The van der Waals surface area contributed by atoms with Gasteiger partial charge in [0.25, 0.3) is 5.91 Å². The smallest absolute Gasteiger partial charge is 0.257 e. The summed E-state index contributed by atoms with van der Waals surface area (Å²) in [5.41, 5.74) is 0.988. The number of H-pyrrole nitrogens is 1. The number of hydrogen-bond acceptors (Lipinski definition) is 3. The molecule has 0 aliphatic rings. The Bertz CT molecular complexity index is 573. The Morgan fingerprint density at radius 2 is 2.25 bits per heavy atom. The van der Waals surface area contributed by atoms with Gasteiger partial charge < -0.3 is 15.0 Å². The standard InChI is InChI=1S/C13H13Br2N3O2/c14-9-1-2-12(11(15)5-9)20-7-13(19)17-4-3-10-6-16-8-18-10/h1-2,5-6,8H,3-4,7H2,(H,16,18)(H,17,19). The monoisotopic (exact) mass is 401 g/mol. The number of hydrogen-bond donors (Lipinski definition) is 2. The third-order valence-electron chi connectivity index (χ3n) is 2.52. The molecule has 0 saturated heterocycles. The minimum atomic E-state index is -0.153. The lowest BCUT2D eigenvalue weighted by Gasteiger charge is -2.08. The number of amides is 1. The van der Waals surface area contributed by atoms with Crippen molar-refractivity contribution < 1.29 is 9.53 Å². The summed E-state index contributed by atoms with van der Waals surface area (Å²) in [5.74, 6) is 0.483. The summed E-state index contributed by atoms with van der Waals surface area (Å²) in [6.45, 7) is 0.537. The highest BCUT2D eigenvalue weighted by Crippen LogP contribution is 2.27. The molecular formula is C13H13Br2N3O2. The molecule has 2 aromatic rings. The third kappa shape index (κ3) is 4.64. The quantitative estimate of drug-likeness (QED) is 0.780. The van der Waals surface area contributed by atoms with Crippen LogP contribution in [0.5, 0.6) is 5.75 Å². The molecule has 0 unspecified atom stereocenters. The van der Waals surface area contributed by atoms with Crippen LogP contribution >= 0.6 is 31.9 Å². The van der Waals surface area contributed by atoms with E-state index in [1.165, 1.54) is 0 Å². The molecule has 0 aliphatic heterocycles. The average molecular weight is 403 g/mol. The van der Waals surface area contributed by atoms with Crippen LogP contribution in [0.1, 0.15) is 5.69 Å². The van der Waals surface area contributed by atoms with Gasteiger partial charge in [0.05, 0.1) is 10.8 Å². The molecule has 1 aromatic heterocycles. The molecule has 7 heteroatoms. The van der Waals surface area contributed by atoms with Crippen LogP contribution in [-0.2, 0) is 11.2 Å². The molecule has 0 bridgehead atoms. The van der Waals surface area contributed by atoms with E-state index in [-0.39, 0.29) is 12.5 Å². The number of aromatic amines is 1. The van der Waals surface area contributed by atoms with E-state index in [4.69, 9.17) is 4.74 Å². The highest BCUT2D eigenvalue weighted by molar-refractivity contribution is 9.11. The van der Waals surface area contributed by atoms with Crippen LogP contribution < -0.4 is 10.1 Å². The number of ether oxygens (including phenoxy) is 1. The van der Waals surface area contributed by atoms with Gasteiger partial charge in [-0.15, -0.1) is 0 Å². The Hall–Kier alpha value is -1.34. The van der Waals surface area contributed by atoms with Crippen molar-refractivity contribution in [2.75, 3.05) is 13.2 Å². The van der Waals surface area contributed by atoms with Crippen molar-refractivity contribution in [2.24, 2.45) is 0 Å². The fourth-order valence-corrected chi connectivity index (χ4v) is 2.71. The molecule has 1 aromatic carbocycles. The maximum atomic E-state index is 11.6. The first-order chi connectivity index (χ1) is 9.65. The molecule has 1 heterocycles. The van der Waals surface area contributed by atoms with Gasteiger partial charge in [0.15, 0.2) is 6.61 Å². The average Bonchev–Trinajstić information content (AvgIpc) is 2.91. The van der Waals surface area contributed by atoms with Crippen LogP contribution in [0.2, 0.25) is 0 Å². The molecule has 106 valence electrons. The van der Waals surface area contributed by atoms with Crippen molar-refractivity contribution in [3.8, 4) is 5.75 Å². The van der Waals surface area contributed by atoms with Crippen LogP contribution in [0.25, 0.3) is 0 Å². The number of nitrogens with zero attached hydrogens (tertiary/aromatic N) is 1. The first-order valence-corrected chi connectivity index (χ1v) is 7.55. The van der Waals surface area contributed by atoms with E-state index in [1.54, 1.807) is 18.6 Å². The summed E-state index contributed by atoms with van der Waals surface area (Å²) < 4.78 is 7.19. The van der Waals surface area contributed by atoms with E-state index in [2.05, 4.69) is 47.1 Å². The molecule has 0 fully saturated rings. The lowest BCUT2D eigenvalue weighted by molar-refractivity contribution is -0.123. The minimum Gasteiger partial charge on any atom is -0.483 e. The van der Waals surface area contributed by atoms with Crippen LogP contribution in [0.4, 0.5) is 0 Å². The SMILES string of the molecule is O=C(COc1ccc(Br)cc1Br)NCCc1cnc[nH]1. The van der Waals surface area contributed by atoms with Gasteiger partial charge in [0.2, 0.25) is 0 Å². The summed E-state index contributed by atoms with van der Waals surface area (Å²) in [6.07, 6.45) is 4.07. The van der Waals surface area contributed by atoms with E-state index < -0.39 is 0 Å². The molecule has 1 amide bonds. The van der Waals surface area contributed by atoms with Crippen molar-refractivity contribution in [2.45, 2.75) is 6.42 Å². The maximum absolute atomic E-state index is 11.6. The highest BCUT2D eigenvalue weighted by atomic mass is 79.9. The summed E-state index contributed by atoms with van der Waals surface area (Å²) in [5, 5.41) is 2.79. The van der Waals surface area contributed by atoms with Gasteiger partial charge in [0.1, 0.15) is 5.75 Å². The molecule has 0 atom stereocenters. The van der Waals surface area contributed by atoms with E-state index in [1.807, 2.05) is 12.1 Å². The topological polar surface area (TPSA) is 67.0 Å². The van der Waals surface area contributed by atoms with Crippen LogP contribution in [-0.4, -0.2) is 29.0 Å². The fourth-order valence-electron chi connectivity index (χ4n) is 1.54. The van der Waals surface area contributed by atoms with Crippen molar-refractivity contribution in [3.63, 3.8) is 0 Å². The molecule has 0 spiro atoms. The largest absolute Gasteiger partial charge is 0.483 e. The van der Waals surface area contributed by atoms with E-state index in [9.17, 15) is 4.79 Å².